The molecule has 0 aliphatic carbocycles. The second-order valence-corrected chi connectivity index (χ2v) is 6.31. The monoisotopic (exact) mass is 331 g/mol. The van der Waals surface area contributed by atoms with Gasteiger partial charge >= 0.3 is 5.97 Å². The number of carbonyl (C=O) groups is 2. The molecule has 5 nitrogen and oxygen atoms in total. The summed E-state index contributed by atoms with van der Waals surface area (Å²) in [4.78, 5) is 24.6. The number of hydrogen-bond acceptors (Lipinski definition) is 4. The molecule has 1 amide bonds. The van der Waals surface area contributed by atoms with E-state index in [1.54, 1.807) is 6.92 Å². The van der Waals surface area contributed by atoms with Crippen molar-refractivity contribution < 1.29 is 19.1 Å². The number of allylic oxidation sites excluding steroid dienone is 1. The van der Waals surface area contributed by atoms with Crippen LogP contribution in [0.3, 0.4) is 0 Å². The number of ether oxygens (including phenoxy) is 2. The number of hydrogen-bond donors (Lipinski definition) is 1. The molecule has 1 atom stereocenters. The molecule has 2 rings (SSSR count). The number of rotatable bonds is 6. The van der Waals surface area contributed by atoms with E-state index in [2.05, 4.69) is 5.32 Å². The van der Waals surface area contributed by atoms with Gasteiger partial charge in [0.1, 0.15) is 5.75 Å². The number of amides is 1. The lowest BCUT2D eigenvalue weighted by Gasteiger charge is -2.28. The molecular formula is C19H25NO4. The fourth-order valence-electron chi connectivity index (χ4n) is 2.81. The van der Waals surface area contributed by atoms with Gasteiger partial charge in [0.05, 0.1) is 18.8 Å². The number of carbonyl (C=O) groups excluding carboxylic acids is 2. The molecule has 1 aromatic carbocycles. The third-order valence-electron chi connectivity index (χ3n) is 3.83. The summed E-state index contributed by atoms with van der Waals surface area (Å²) in [6, 6.07) is 7.52. The van der Waals surface area contributed by atoms with E-state index in [4.69, 9.17) is 9.47 Å². The maximum atomic E-state index is 12.6. The van der Waals surface area contributed by atoms with Crippen molar-refractivity contribution in [2.24, 2.45) is 5.92 Å². The second kappa shape index (κ2) is 7.99. The fourth-order valence-corrected chi connectivity index (χ4v) is 2.81. The molecule has 0 fully saturated rings. The second-order valence-electron chi connectivity index (χ2n) is 6.31. The fraction of sp³-hybridized carbons (Fsp3) is 0.474. The van der Waals surface area contributed by atoms with E-state index in [-0.39, 0.29) is 30.1 Å². The van der Waals surface area contributed by atoms with Crippen LogP contribution in [0.2, 0.25) is 0 Å². The lowest BCUT2D eigenvalue weighted by molar-refractivity contribution is -0.140. The molecule has 1 aliphatic heterocycles. The lowest BCUT2D eigenvalue weighted by atomic mass is 9.84. The smallest absolute Gasteiger partial charge is 0.336 e. The number of benzene rings is 1. The minimum Gasteiger partial charge on any atom is -0.494 e. The first kappa shape index (κ1) is 18.0. The van der Waals surface area contributed by atoms with Gasteiger partial charge in [-0.3, -0.25) is 4.79 Å². The van der Waals surface area contributed by atoms with Crippen LogP contribution < -0.4 is 10.1 Å². The first-order valence-electron chi connectivity index (χ1n) is 8.33. The molecule has 130 valence electrons. The molecule has 0 spiro atoms. The number of esters is 1. The lowest BCUT2D eigenvalue weighted by Crippen LogP contribution is -2.34. The quantitative estimate of drug-likeness (QED) is 0.813. The van der Waals surface area contributed by atoms with E-state index in [9.17, 15) is 9.59 Å². The third kappa shape index (κ3) is 4.16. The van der Waals surface area contributed by atoms with Crippen molar-refractivity contribution in [2.45, 2.75) is 40.0 Å². The van der Waals surface area contributed by atoms with Gasteiger partial charge in [0, 0.05) is 23.6 Å². The molecule has 5 heteroatoms. The Morgan fingerprint density at radius 1 is 1.33 bits per heavy atom. The normalized spacial score (nSPS) is 17.7. The van der Waals surface area contributed by atoms with Crippen LogP contribution in [0.1, 0.15) is 45.6 Å². The van der Waals surface area contributed by atoms with Crippen LogP contribution in [0.5, 0.6) is 5.75 Å². The maximum Gasteiger partial charge on any atom is 0.336 e. The van der Waals surface area contributed by atoms with Crippen LogP contribution >= 0.6 is 0 Å². The zero-order valence-electron chi connectivity index (χ0n) is 14.7. The van der Waals surface area contributed by atoms with Gasteiger partial charge in [-0.2, -0.15) is 0 Å². The summed E-state index contributed by atoms with van der Waals surface area (Å²) in [7, 11) is 0. The zero-order chi connectivity index (χ0) is 17.7. The Morgan fingerprint density at radius 2 is 2.04 bits per heavy atom. The molecule has 1 aliphatic rings. The molecule has 1 aromatic rings. The standard InChI is InChI=1S/C19H25NO4/c1-5-23-16-9-7-6-8-14(16)15-10-17(21)20-13(4)18(15)19(22)24-11-12(2)3/h6-9,12,15H,5,10-11H2,1-4H3,(H,20,21). The molecule has 0 aromatic heterocycles. The summed E-state index contributed by atoms with van der Waals surface area (Å²) in [5, 5.41) is 2.75. The average Bonchev–Trinajstić information content (AvgIpc) is 2.52. The van der Waals surface area contributed by atoms with Crippen molar-refractivity contribution in [3.05, 3.63) is 41.1 Å². The van der Waals surface area contributed by atoms with E-state index >= 15 is 0 Å². The molecule has 1 N–H and O–H groups in total. The minimum absolute atomic E-state index is 0.107. The van der Waals surface area contributed by atoms with Crippen LogP contribution in [-0.4, -0.2) is 25.1 Å². The van der Waals surface area contributed by atoms with Gasteiger partial charge < -0.3 is 14.8 Å². The SMILES string of the molecule is CCOc1ccccc1C1CC(=O)NC(C)=C1C(=O)OCC(C)C. The van der Waals surface area contributed by atoms with Crippen molar-refractivity contribution in [1.29, 1.82) is 0 Å². The Balaban J connectivity index is 2.40. The Labute approximate surface area is 143 Å². The van der Waals surface area contributed by atoms with Crippen molar-refractivity contribution in [1.82, 2.24) is 5.32 Å². The topological polar surface area (TPSA) is 64.6 Å². The molecular weight excluding hydrogens is 306 g/mol. The van der Waals surface area contributed by atoms with E-state index in [0.717, 1.165) is 5.56 Å². The highest BCUT2D eigenvalue weighted by atomic mass is 16.5. The first-order chi connectivity index (χ1) is 11.4. The molecule has 1 unspecified atom stereocenters. The molecule has 0 saturated carbocycles. The van der Waals surface area contributed by atoms with Crippen molar-refractivity contribution in [2.75, 3.05) is 13.2 Å². The van der Waals surface area contributed by atoms with Crippen molar-refractivity contribution in [3.8, 4) is 5.75 Å². The largest absolute Gasteiger partial charge is 0.494 e. The highest BCUT2D eigenvalue weighted by Crippen LogP contribution is 2.38. The summed E-state index contributed by atoms with van der Waals surface area (Å²) in [5.41, 5.74) is 1.89. The summed E-state index contributed by atoms with van der Waals surface area (Å²) < 4.78 is 11.1. The van der Waals surface area contributed by atoms with Crippen molar-refractivity contribution in [3.63, 3.8) is 0 Å². The highest BCUT2D eigenvalue weighted by molar-refractivity contribution is 5.96. The Bertz CT molecular complexity index is 649. The van der Waals surface area contributed by atoms with Crippen LogP contribution in [0.25, 0.3) is 0 Å². The third-order valence-corrected chi connectivity index (χ3v) is 3.83. The van der Waals surface area contributed by atoms with Gasteiger partial charge in [-0.05, 0) is 25.8 Å². The summed E-state index contributed by atoms with van der Waals surface area (Å²) in [6.45, 7) is 8.48. The summed E-state index contributed by atoms with van der Waals surface area (Å²) in [5.74, 6) is 0.103. The summed E-state index contributed by atoms with van der Waals surface area (Å²) >= 11 is 0. The van der Waals surface area contributed by atoms with Crippen LogP contribution in [-0.2, 0) is 14.3 Å². The predicted octanol–water partition coefficient (Wildman–Crippen LogP) is 3.16. The van der Waals surface area contributed by atoms with E-state index < -0.39 is 0 Å². The first-order valence-corrected chi connectivity index (χ1v) is 8.33. The van der Waals surface area contributed by atoms with Gasteiger partial charge in [-0.15, -0.1) is 0 Å². The number of nitrogens with one attached hydrogen (secondary N) is 1. The average molecular weight is 331 g/mol. The highest BCUT2D eigenvalue weighted by Gasteiger charge is 2.34. The Kier molecular flexibility index (Phi) is 6.01. The Hall–Kier alpha value is -2.30. The molecule has 0 saturated heterocycles. The van der Waals surface area contributed by atoms with Gasteiger partial charge in [-0.1, -0.05) is 32.0 Å². The summed E-state index contributed by atoms with van der Waals surface area (Å²) in [6.07, 6.45) is 0.202. The van der Waals surface area contributed by atoms with Gasteiger partial charge in [0.25, 0.3) is 0 Å². The van der Waals surface area contributed by atoms with Crippen LogP contribution in [0.4, 0.5) is 0 Å². The molecule has 0 bridgehead atoms. The predicted molar refractivity (Wildman–Crippen MR) is 91.6 cm³/mol. The molecule has 0 radical (unpaired) electrons. The van der Waals surface area contributed by atoms with Crippen LogP contribution in [0, 0.1) is 5.92 Å². The minimum atomic E-state index is -0.377. The maximum absolute atomic E-state index is 12.6. The van der Waals surface area contributed by atoms with Gasteiger partial charge in [0.2, 0.25) is 5.91 Å². The van der Waals surface area contributed by atoms with Crippen molar-refractivity contribution >= 4 is 11.9 Å². The van der Waals surface area contributed by atoms with E-state index in [1.165, 1.54) is 0 Å². The van der Waals surface area contributed by atoms with E-state index in [1.807, 2.05) is 45.0 Å². The Morgan fingerprint density at radius 3 is 2.71 bits per heavy atom. The molecule has 1 heterocycles. The zero-order valence-corrected chi connectivity index (χ0v) is 14.7. The van der Waals surface area contributed by atoms with Gasteiger partial charge in [0.15, 0.2) is 0 Å². The van der Waals surface area contributed by atoms with Crippen LogP contribution in [0.15, 0.2) is 35.5 Å². The van der Waals surface area contributed by atoms with E-state index in [0.29, 0.717) is 30.2 Å². The van der Waals surface area contributed by atoms with Gasteiger partial charge in [-0.25, -0.2) is 4.79 Å². The number of para-hydroxylation sites is 1. The molecule has 24 heavy (non-hydrogen) atoms.